The van der Waals surface area contributed by atoms with Crippen molar-refractivity contribution in [2.45, 2.75) is 77.5 Å². The smallest absolute Gasteiger partial charge is 0.407 e. The zero-order valence-electron chi connectivity index (χ0n) is 30.4. The third kappa shape index (κ3) is 7.88. The first-order valence-electron chi connectivity index (χ1n) is 17.9. The minimum absolute atomic E-state index is 0.0220. The van der Waals surface area contributed by atoms with Crippen LogP contribution in [0.1, 0.15) is 77.1 Å². The van der Waals surface area contributed by atoms with Gasteiger partial charge in [-0.25, -0.2) is 19.6 Å². The maximum absolute atomic E-state index is 13.5. The molecule has 13 heteroatoms. The largest absolute Gasteiger partial charge is 0.453 e. The number of nitrogens with one attached hydrogen (secondary N) is 4. The molecule has 4 N–H and O–H groups in total. The molecule has 4 heterocycles. The predicted octanol–water partition coefficient (Wildman–Crippen LogP) is 6.18. The number of carbonyl (C=O) groups excluding carboxylic acids is 3. The number of benzene rings is 2. The first-order valence-corrected chi connectivity index (χ1v) is 17.9. The number of hydrogen-bond acceptors (Lipinski definition) is 8. The van der Waals surface area contributed by atoms with Gasteiger partial charge in [-0.05, 0) is 72.9 Å². The summed E-state index contributed by atoms with van der Waals surface area (Å²) in [7, 11) is 2.69. The number of aromatic amines is 2. The molecule has 4 aromatic rings. The molecule has 2 aliphatic heterocycles. The molecule has 0 saturated carbocycles. The Hall–Kier alpha value is -4.91. The number of rotatable bonds is 11. The van der Waals surface area contributed by atoms with Crippen LogP contribution in [-0.4, -0.2) is 93.8 Å². The van der Waals surface area contributed by atoms with Crippen LogP contribution in [0.15, 0.2) is 48.7 Å². The van der Waals surface area contributed by atoms with Gasteiger partial charge in [0, 0.05) is 19.1 Å². The maximum Gasteiger partial charge on any atom is 0.407 e. The van der Waals surface area contributed by atoms with E-state index in [0.717, 1.165) is 83.8 Å². The van der Waals surface area contributed by atoms with Gasteiger partial charge in [-0.3, -0.25) is 9.69 Å². The van der Waals surface area contributed by atoms with E-state index in [9.17, 15) is 14.4 Å². The first kappa shape index (κ1) is 35.9. The standard InChI is InChI=1S/C38H50N8O5/c1-22(2)30(43-37(48)50-5)21-45-17-7-9-31(45)35-40-27-16-15-26(19-28(27)41-35)24-11-13-25(14-12-24)29-20-39-34(42-29)32-10-8-18-46(32)36(47)33(23(3)4)44-38(49)51-6/h11-16,19-20,22-23,30-33H,7-10,17-18,21H2,1-6H3,(H,39,42)(H,40,41)(H,43,48)(H,44,49). The molecule has 272 valence electrons. The summed E-state index contributed by atoms with van der Waals surface area (Å²) in [5, 5.41) is 5.70. The van der Waals surface area contributed by atoms with Crippen molar-refractivity contribution < 1.29 is 23.9 Å². The van der Waals surface area contributed by atoms with Crippen LogP contribution in [0.25, 0.3) is 33.4 Å². The van der Waals surface area contributed by atoms with E-state index in [1.165, 1.54) is 14.2 Å². The van der Waals surface area contributed by atoms with Gasteiger partial charge in [0.15, 0.2) is 0 Å². The van der Waals surface area contributed by atoms with Crippen LogP contribution in [-0.2, 0) is 14.3 Å². The third-order valence-electron chi connectivity index (χ3n) is 10.3. The van der Waals surface area contributed by atoms with Crippen LogP contribution in [0, 0.1) is 11.8 Å². The van der Waals surface area contributed by atoms with Gasteiger partial charge in [0.2, 0.25) is 5.91 Å². The number of methoxy groups -OCH3 is 2. The van der Waals surface area contributed by atoms with E-state index in [2.05, 4.69) is 86.8 Å². The Labute approximate surface area is 298 Å². The number of likely N-dealkylation sites (tertiary alicyclic amines) is 2. The zero-order valence-corrected chi connectivity index (χ0v) is 30.4. The topological polar surface area (TPSA) is 158 Å². The van der Waals surface area contributed by atoms with Gasteiger partial charge in [0.1, 0.15) is 17.7 Å². The zero-order chi connectivity index (χ0) is 36.2. The molecule has 4 atom stereocenters. The fraction of sp³-hybridized carbons (Fsp3) is 0.500. The molecule has 0 spiro atoms. The van der Waals surface area contributed by atoms with E-state index in [4.69, 9.17) is 14.5 Å². The highest BCUT2D eigenvalue weighted by Gasteiger charge is 2.37. The number of nitrogens with zero attached hydrogens (tertiary/aromatic N) is 4. The molecule has 0 bridgehead atoms. The van der Waals surface area contributed by atoms with Crippen LogP contribution >= 0.6 is 0 Å². The second-order valence-corrected chi connectivity index (χ2v) is 14.3. The predicted molar refractivity (Wildman–Crippen MR) is 195 cm³/mol. The molecule has 51 heavy (non-hydrogen) atoms. The van der Waals surface area contributed by atoms with Crippen molar-refractivity contribution >= 4 is 29.1 Å². The van der Waals surface area contributed by atoms with Crippen LogP contribution in [0.3, 0.4) is 0 Å². The summed E-state index contributed by atoms with van der Waals surface area (Å²) < 4.78 is 9.62. The fourth-order valence-electron chi connectivity index (χ4n) is 7.29. The normalized spacial score (nSPS) is 19.1. The van der Waals surface area contributed by atoms with E-state index in [0.29, 0.717) is 6.54 Å². The van der Waals surface area contributed by atoms with Gasteiger partial charge < -0.3 is 35.0 Å². The van der Waals surface area contributed by atoms with Gasteiger partial charge in [-0.2, -0.15) is 0 Å². The lowest BCUT2D eigenvalue weighted by Gasteiger charge is -2.30. The molecular formula is C38H50N8O5. The molecule has 2 aliphatic rings. The molecule has 0 aliphatic carbocycles. The van der Waals surface area contributed by atoms with E-state index in [1.54, 1.807) is 0 Å². The molecule has 2 saturated heterocycles. The highest BCUT2D eigenvalue weighted by Crippen LogP contribution is 2.35. The molecule has 2 aromatic carbocycles. The minimum atomic E-state index is -0.677. The van der Waals surface area contributed by atoms with Crippen molar-refractivity contribution in [2.75, 3.05) is 33.9 Å². The quantitative estimate of drug-likeness (QED) is 0.145. The van der Waals surface area contributed by atoms with E-state index < -0.39 is 18.2 Å². The summed E-state index contributed by atoms with van der Waals surface area (Å²) in [5.41, 5.74) is 5.95. The molecule has 0 radical (unpaired) electrons. The summed E-state index contributed by atoms with van der Waals surface area (Å²) in [5.74, 6) is 1.73. The Balaban J connectivity index is 1.14. The number of fused-ring (bicyclic) bond motifs is 1. The number of H-pyrrole nitrogens is 2. The van der Waals surface area contributed by atoms with Crippen molar-refractivity contribution in [1.29, 1.82) is 0 Å². The number of alkyl carbamates (subject to hydrolysis) is 2. The Morgan fingerprint density at radius 3 is 2.20 bits per heavy atom. The summed E-state index contributed by atoms with van der Waals surface area (Å²) >= 11 is 0. The van der Waals surface area contributed by atoms with Gasteiger partial charge >= 0.3 is 12.2 Å². The van der Waals surface area contributed by atoms with E-state index in [1.807, 2.05) is 24.9 Å². The molecule has 13 nitrogen and oxygen atoms in total. The molecule has 2 fully saturated rings. The van der Waals surface area contributed by atoms with Crippen molar-refractivity contribution in [3.63, 3.8) is 0 Å². The maximum atomic E-state index is 13.5. The molecule has 3 amide bonds. The van der Waals surface area contributed by atoms with Crippen molar-refractivity contribution in [3.8, 4) is 22.4 Å². The van der Waals surface area contributed by atoms with Gasteiger partial charge in [-0.15, -0.1) is 0 Å². The minimum Gasteiger partial charge on any atom is -0.453 e. The second-order valence-electron chi connectivity index (χ2n) is 14.3. The SMILES string of the molecule is COC(=O)NC(CN1CCCC1c1nc2ccc(-c3ccc(-c4cnc(C5CCCN5C(=O)C(NC(=O)OC)C(C)C)[nH]4)cc3)cc2[nH]1)C(C)C. The number of amides is 3. The van der Waals surface area contributed by atoms with Crippen LogP contribution < -0.4 is 10.6 Å². The first-order chi connectivity index (χ1) is 24.6. The lowest BCUT2D eigenvalue weighted by Crippen LogP contribution is -2.51. The van der Waals surface area contributed by atoms with Crippen LogP contribution in [0.4, 0.5) is 9.59 Å². The Bertz CT molecular complexity index is 1830. The second kappa shape index (κ2) is 15.5. The fourth-order valence-corrected chi connectivity index (χ4v) is 7.29. The Kier molecular flexibility index (Phi) is 10.9. The Morgan fingerprint density at radius 1 is 0.824 bits per heavy atom. The van der Waals surface area contributed by atoms with E-state index in [-0.39, 0.29) is 35.9 Å². The molecule has 2 aromatic heterocycles. The molecule has 6 rings (SSSR count). The van der Waals surface area contributed by atoms with Gasteiger partial charge in [0.25, 0.3) is 0 Å². The summed E-state index contributed by atoms with van der Waals surface area (Å²) in [6, 6.07) is 13.9. The number of carbonyl (C=O) groups is 3. The summed E-state index contributed by atoms with van der Waals surface area (Å²) in [6.45, 7) is 10.3. The molecule has 4 unspecified atom stereocenters. The lowest BCUT2D eigenvalue weighted by atomic mass is 10.0. The van der Waals surface area contributed by atoms with Crippen molar-refractivity contribution in [2.24, 2.45) is 11.8 Å². The lowest BCUT2D eigenvalue weighted by molar-refractivity contribution is -0.135. The summed E-state index contributed by atoms with van der Waals surface area (Å²) in [4.78, 5) is 58.4. The summed E-state index contributed by atoms with van der Waals surface area (Å²) in [6.07, 6.45) is 4.53. The van der Waals surface area contributed by atoms with E-state index >= 15 is 0 Å². The van der Waals surface area contributed by atoms with Gasteiger partial charge in [0.05, 0.1) is 49.2 Å². The third-order valence-corrected chi connectivity index (χ3v) is 10.3. The highest BCUT2D eigenvalue weighted by atomic mass is 16.5. The van der Waals surface area contributed by atoms with Crippen LogP contribution in [0.5, 0.6) is 0 Å². The number of imidazole rings is 2. The van der Waals surface area contributed by atoms with Crippen LogP contribution in [0.2, 0.25) is 0 Å². The monoisotopic (exact) mass is 698 g/mol. The average molecular weight is 699 g/mol. The van der Waals surface area contributed by atoms with Crippen molar-refractivity contribution in [3.05, 3.63) is 60.3 Å². The van der Waals surface area contributed by atoms with Crippen molar-refractivity contribution in [1.82, 2.24) is 40.4 Å². The average Bonchev–Trinajstić information content (AvgIpc) is 3.95. The highest BCUT2D eigenvalue weighted by molar-refractivity contribution is 5.86. The number of hydrogen-bond donors (Lipinski definition) is 4. The Morgan fingerprint density at radius 2 is 1.49 bits per heavy atom. The van der Waals surface area contributed by atoms with Gasteiger partial charge in [-0.1, -0.05) is 58.0 Å². The number of aromatic nitrogens is 4. The number of ether oxygens (including phenoxy) is 2. The molecular weight excluding hydrogens is 648 g/mol.